The largest absolute Gasteiger partial charge is 0.481 e. The van der Waals surface area contributed by atoms with Gasteiger partial charge in [-0.3, -0.25) is 14.4 Å². The van der Waals surface area contributed by atoms with Crippen molar-refractivity contribution in [3.8, 4) is 11.1 Å². The third-order valence-corrected chi connectivity index (χ3v) is 5.70. The summed E-state index contributed by atoms with van der Waals surface area (Å²) in [5, 5.41) is 12.0. The van der Waals surface area contributed by atoms with Crippen molar-refractivity contribution in [2.45, 2.75) is 19.8 Å². The number of hydrogen-bond donors (Lipinski definition) is 2. The maximum absolute atomic E-state index is 13.7. The Hall–Kier alpha value is -4.19. The average Bonchev–Trinajstić information content (AvgIpc) is 2.87. The Morgan fingerprint density at radius 3 is 2.11 bits per heavy atom. The molecule has 6 nitrogen and oxygen atoms in total. The van der Waals surface area contributed by atoms with Crippen LogP contribution in [-0.4, -0.2) is 47.4 Å². The maximum atomic E-state index is 13.7. The van der Waals surface area contributed by atoms with Crippen LogP contribution in [0.1, 0.15) is 38.3 Å². The van der Waals surface area contributed by atoms with E-state index in [-0.39, 0.29) is 24.8 Å². The highest BCUT2D eigenvalue weighted by molar-refractivity contribution is 6.06. The van der Waals surface area contributed by atoms with Gasteiger partial charge in [0.15, 0.2) is 0 Å². The summed E-state index contributed by atoms with van der Waals surface area (Å²) in [6, 6.07) is 22.3. The summed E-state index contributed by atoms with van der Waals surface area (Å²) in [7, 11) is 0. The first-order valence-electron chi connectivity index (χ1n) is 11.5. The molecule has 180 valence electrons. The molecule has 0 fully saturated rings. The number of nitrogens with one attached hydrogen (secondary N) is 1. The number of aliphatic carboxylic acids is 1. The number of benzene rings is 3. The van der Waals surface area contributed by atoms with Gasteiger partial charge in [0, 0.05) is 30.8 Å². The van der Waals surface area contributed by atoms with Crippen molar-refractivity contribution in [3.05, 3.63) is 108 Å². The predicted molar refractivity (Wildman–Crippen MR) is 137 cm³/mol. The Kier molecular flexibility index (Phi) is 8.95. The second kappa shape index (κ2) is 12.3. The normalized spacial score (nSPS) is 10.4. The molecular weight excluding hydrogens is 440 g/mol. The van der Waals surface area contributed by atoms with Crippen LogP contribution in [0.5, 0.6) is 0 Å². The smallest absolute Gasteiger partial charge is 0.305 e. The van der Waals surface area contributed by atoms with Gasteiger partial charge in [-0.25, -0.2) is 0 Å². The van der Waals surface area contributed by atoms with Gasteiger partial charge >= 0.3 is 5.97 Å². The molecule has 0 saturated carbocycles. The third kappa shape index (κ3) is 6.90. The highest BCUT2D eigenvalue weighted by atomic mass is 16.4. The number of carbonyl (C=O) groups is 3. The summed E-state index contributed by atoms with van der Waals surface area (Å²) in [4.78, 5) is 39.3. The van der Waals surface area contributed by atoms with E-state index in [1.165, 1.54) is 0 Å². The van der Waals surface area contributed by atoms with E-state index in [1.54, 1.807) is 35.2 Å². The number of amides is 2. The zero-order valence-corrected chi connectivity index (χ0v) is 19.9. The number of nitrogens with zero attached hydrogens (tertiary/aromatic N) is 1. The summed E-state index contributed by atoms with van der Waals surface area (Å²) in [6.07, 6.45) is 2.06. The minimum absolute atomic E-state index is 0.0931. The number of carbonyl (C=O) groups excluding carboxylic acids is 2. The SMILES string of the molecule is C=CCNC(=O)c1ccccc1-c1ccccc1C(=O)N(CCC(=O)O)CCc1ccc(C)cc1. The van der Waals surface area contributed by atoms with Crippen LogP contribution >= 0.6 is 0 Å². The molecule has 2 N–H and O–H groups in total. The van der Waals surface area contributed by atoms with Crippen molar-refractivity contribution in [3.63, 3.8) is 0 Å². The lowest BCUT2D eigenvalue weighted by Crippen LogP contribution is -2.35. The van der Waals surface area contributed by atoms with Gasteiger partial charge in [-0.15, -0.1) is 6.58 Å². The minimum atomic E-state index is -0.962. The molecule has 0 saturated heterocycles. The lowest BCUT2D eigenvalue weighted by atomic mass is 9.94. The van der Waals surface area contributed by atoms with Crippen LogP contribution in [0.3, 0.4) is 0 Å². The number of hydrogen-bond acceptors (Lipinski definition) is 3. The summed E-state index contributed by atoms with van der Waals surface area (Å²) < 4.78 is 0. The first kappa shape index (κ1) is 25.4. The topological polar surface area (TPSA) is 86.7 Å². The summed E-state index contributed by atoms with van der Waals surface area (Å²) in [6.45, 7) is 6.45. The summed E-state index contributed by atoms with van der Waals surface area (Å²) in [5.41, 5.74) is 4.35. The van der Waals surface area contributed by atoms with Crippen molar-refractivity contribution in [1.82, 2.24) is 10.2 Å². The number of carboxylic acid groups (broad SMARTS) is 1. The molecule has 0 bridgehead atoms. The fourth-order valence-electron chi connectivity index (χ4n) is 3.82. The van der Waals surface area contributed by atoms with Crippen LogP contribution in [0, 0.1) is 6.92 Å². The quantitative estimate of drug-likeness (QED) is 0.397. The molecule has 0 unspecified atom stereocenters. The molecule has 35 heavy (non-hydrogen) atoms. The molecule has 0 aliphatic rings. The van der Waals surface area contributed by atoms with Gasteiger partial charge in [0.2, 0.25) is 0 Å². The number of aryl methyl sites for hydroxylation is 1. The molecule has 0 atom stereocenters. The first-order valence-corrected chi connectivity index (χ1v) is 11.5. The van der Waals surface area contributed by atoms with Gasteiger partial charge in [0.1, 0.15) is 0 Å². The molecule has 0 aromatic heterocycles. The standard InChI is InChI=1S/C29H30N2O4/c1-3-18-30-28(34)25-10-6-4-8-23(25)24-9-5-7-11-26(24)29(35)31(20-17-27(32)33)19-16-22-14-12-21(2)13-15-22/h3-15H,1,16-20H2,2H3,(H,30,34)(H,32,33). The molecule has 0 aliphatic carbocycles. The van der Waals surface area contributed by atoms with Crippen molar-refractivity contribution >= 4 is 17.8 Å². The van der Waals surface area contributed by atoms with E-state index in [2.05, 4.69) is 11.9 Å². The molecule has 3 aromatic carbocycles. The van der Waals surface area contributed by atoms with Crippen LogP contribution in [0.4, 0.5) is 0 Å². The van der Waals surface area contributed by atoms with Gasteiger partial charge < -0.3 is 15.3 Å². The van der Waals surface area contributed by atoms with Crippen LogP contribution in [0.15, 0.2) is 85.5 Å². The first-order chi connectivity index (χ1) is 16.9. The van der Waals surface area contributed by atoms with Gasteiger partial charge in [0.25, 0.3) is 11.8 Å². The lowest BCUT2D eigenvalue weighted by molar-refractivity contribution is -0.137. The van der Waals surface area contributed by atoms with Gasteiger partial charge in [-0.1, -0.05) is 72.3 Å². The monoisotopic (exact) mass is 470 g/mol. The Morgan fingerprint density at radius 2 is 1.49 bits per heavy atom. The van der Waals surface area contributed by atoms with Crippen molar-refractivity contribution in [1.29, 1.82) is 0 Å². The van der Waals surface area contributed by atoms with E-state index >= 15 is 0 Å². The molecule has 0 heterocycles. The number of carboxylic acids is 1. The molecule has 0 spiro atoms. The molecule has 0 radical (unpaired) electrons. The highest BCUT2D eigenvalue weighted by Gasteiger charge is 2.22. The summed E-state index contributed by atoms with van der Waals surface area (Å²) >= 11 is 0. The van der Waals surface area contributed by atoms with Gasteiger partial charge in [-0.2, -0.15) is 0 Å². The molecule has 3 aromatic rings. The van der Waals surface area contributed by atoms with E-state index in [4.69, 9.17) is 0 Å². The zero-order valence-electron chi connectivity index (χ0n) is 19.9. The summed E-state index contributed by atoms with van der Waals surface area (Å²) in [5.74, 6) is -1.49. The van der Waals surface area contributed by atoms with Crippen LogP contribution < -0.4 is 5.32 Å². The molecule has 2 amide bonds. The Labute approximate surface area is 205 Å². The van der Waals surface area contributed by atoms with Gasteiger partial charge in [0.05, 0.1) is 6.42 Å². The second-order valence-electron chi connectivity index (χ2n) is 8.26. The fourth-order valence-corrected chi connectivity index (χ4v) is 3.82. The molecule has 6 heteroatoms. The van der Waals surface area contributed by atoms with E-state index in [0.717, 1.165) is 11.1 Å². The number of rotatable bonds is 11. The molecule has 3 rings (SSSR count). The average molecular weight is 471 g/mol. The van der Waals surface area contributed by atoms with Gasteiger partial charge in [-0.05, 0) is 42.2 Å². The van der Waals surface area contributed by atoms with E-state index in [0.29, 0.717) is 41.8 Å². The molecular formula is C29H30N2O4. The van der Waals surface area contributed by atoms with Crippen LogP contribution in [0.2, 0.25) is 0 Å². The maximum Gasteiger partial charge on any atom is 0.305 e. The van der Waals surface area contributed by atoms with E-state index in [1.807, 2.05) is 55.5 Å². The van der Waals surface area contributed by atoms with E-state index in [9.17, 15) is 19.5 Å². The van der Waals surface area contributed by atoms with Crippen LogP contribution in [0.25, 0.3) is 11.1 Å². The van der Waals surface area contributed by atoms with Crippen molar-refractivity contribution < 1.29 is 19.5 Å². The molecule has 0 aliphatic heterocycles. The van der Waals surface area contributed by atoms with E-state index < -0.39 is 5.97 Å². The van der Waals surface area contributed by atoms with Crippen LogP contribution in [-0.2, 0) is 11.2 Å². The zero-order chi connectivity index (χ0) is 25.2. The highest BCUT2D eigenvalue weighted by Crippen LogP contribution is 2.28. The Balaban J connectivity index is 1.93. The van der Waals surface area contributed by atoms with Crippen molar-refractivity contribution in [2.75, 3.05) is 19.6 Å². The Bertz CT molecular complexity index is 1200. The lowest BCUT2D eigenvalue weighted by Gasteiger charge is -2.24. The fraction of sp³-hybridized carbons (Fsp3) is 0.207. The minimum Gasteiger partial charge on any atom is -0.481 e. The second-order valence-corrected chi connectivity index (χ2v) is 8.26. The Morgan fingerprint density at radius 1 is 0.886 bits per heavy atom. The van der Waals surface area contributed by atoms with Crippen molar-refractivity contribution in [2.24, 2.45) is 0 Å². The predicted octanol–water partition coefficient (Wildman–Crippen LogP) is 4.74. The third-order valence-electron chi connectivity index (χ3n) is 5.70.